The van der Waals surface area contributed by atoms with E-state index in [1.165, 1.54) is 24.5 Å². The van der Waals surface area contributed by atoms with Crippen LogP contribution in [-0.2, 0) is 0 Å². The number of benzene rings is 1. The van der Waals surface area contributed by atoms with Crippen LogP contribution in [0.5, 0.6) is 0 Å². The third-order valence-electron chi connectivity index (χ3n) is 4.13. The van der Waals surface area contributed by atoms with Crippen LogP contribution in [0.1, 0.15) is 10.4 Å². The average Bonchev–Trinajstić information content (AvgIpc) is 2.61. The van der Waals surface area contributed by atoms with Crippen molar-refractivity contribution < 1.29 is 9.72 Å². The van der Waals surface area contributed by atoms with Crippen LogP contribution in [0.2, 0.25) is 5.02 Å². The SMILES string of the molecule is Nc1cnccc1C(=O)N1CCN(c2ccc([N+](=O)[O-])cc2Cl)CC1. The minimum Gasteiger partial charge on any atom is -0.397 e. The summed E-state index contributed by atoms with van der Waals surface area (Å²) in [5.41, 5.74) is 7.29. The van der Waals surface area contributed by atoms with Crippen LogP contribution >= 0.6 is 11.6 Å². The fourth-order valence-electron chi connectivity index (χ4n) is 2.79. The highest BCUT2D eigenvalue weighted by molar-refractivity contribution is 6.33. The highest BCUT2D eigenvalue weighted by atomic mass is 35.5. The van der Waals surface area contributed by atoms with Crippen molar-refractivity contribution in [1.29, 1.82) is 0 Å². The molecule has 0 radical (unpaired) electrons. The summed E-state index contributed by atoms with van der Waals surface area (Å²) in [6.07, 6.45) is 3.00. The molecule has 25 heavy (non-hydrogen) atoms. The number of carbonyl (C=O) groups is 1. The molecule has 0 saturated carbocycles. The van der Waals surface area contributed by atoms with Crippen LogP contribution in [0, 0.1) is 10.1 Å². The summed E-state index contributed by atoms with van der Waals surface area (Å²) in [4.78, 5) is 30.5. The van der Waals surface area contributed by atoms with Crippen LogP contribution in [0.4, 0.5) is 17.1 Å². The molecular formula is C16H16ClN5O3. The van der Waals surface area contributed by atoms with Gasteiger partial charge < -0.3 is 15.5 Å². The molecule has 1 aromatic heterocycles. The largest absolute Gasteiger partial charge is 0.397 e. The van der Waals surface area contributed by atoms with Gasteiger partial charge in [0.05, 0.1) is 33.1 Å². The third kappa shape index (κ3) is 3.48. The van der Waals surface area contributed by atoms with Gasteiger partial charge in [-0.3, -0.25) is 19.9 Å². The van der Waals surface area contributed by atoms with Crippen molar-refractivity contribution in [3.05, 3.63) is 57.4 Å². The number of rotatable bonds is 3. The lowest BCUT2D eigenvalue weighted by Gasteiger charge is -2.36. The predicted octanol–water partition coefficient (Wildman–Crippen LogP) is 2.19. The number of hydrogen-bond donors (Lipinski definition) is 1. The lowest BCUT2D eigenvalue weighted by molar-refractivity contribution is -0.384. The Morgan fingerprint density at radius 3 is 2.56 bits per heavy atom. The van der Waals surface area contributed by atoms with Gasteiger partial charge in [-0.1, -0.05) is 11.6 Å². The first-order valence-electron chi connectivity index (χ1n) is 7.65. The molecule has 2 aromatic rings. The molecular weight excluding hydrogens is 346 g/mol. The highest BCUT2D eigenvalue weighted by Gasteiger charge is 2.25. The first-order chi connectivity index (χ1) is 12.0. The molecule has 8 nitrogen and oxygen atoms in total. The van der Waals surface area contributed by atoms with Crippen molar-refractivity contribution >= 4 is 34.6 Å². The van der Waals surface area contributed by atoms with Gasteiger partial charge in [-0.2, -0.15) is 0 Å². The molecule has 0 aliphatic carbocycles. The molecule has 1 aliphatic heterocycles. The number of nitro benzene ring substituents is 1. The third-order valence-corrected chi connectivity index (χ3v) is 4.43. The number of nitrogens with zero attached hydrogens (tertiary/aromatic N) is 4. The number of pyridine rings is 1. The molecule has 1 fully saturated rings. The molecule has 2 heterocycles. The quantitative estimate of drug-likeness (QED) is 0.663. The minimum absolute atomic E-state index is 0.0456. The smallest absolute Gasteiger partial charge is 0.271 e. The summed E-state index contributed by atoms with van der Waals surface area (Å²) < 4.78 is 0. The van der Waals surface area contributed by atoms with E-state index in [0.29, 0.717) is 42.5 Å². The van der Waals surface area contributed by atoms with Crippen LogP contribution in [0.15, 0.2) is 36.7 Å². The maximum absolute atomic E-state index is 12.5. The fraction of sp³-hybridized carbons (Fsp3) is 0.250. The first kappa shape index (κ1) is 17.0. The summed E-state index contributed by atoms with van der Waals surface area (Å²) in [5.74, 6) is -0.130. The van der Waals surface area contributed by atoms with Crippen LogP contribution < -0.4 is 10.6 Å². The number of nitro groups is 1. The van der Waals surface area contributed by atoms with Crippen molar-refractivity contribution in [1.82, 2.24) is 9.88 Å². The van der Waals surface area contributed by atoms with Gasteiger partial charge in [0.15, 0.2) is 0 Å². The second kappa shape index (κ2) is 6.94. The van der Waals surface area contributed by atoms with Crippen molar-refractivity contribution in [2.24, 2.45) is 0 Å². The zero-order chi connectivity index (χ0) is 18.0. The van der Waals surface area contributed by atoms with E-state index in [4.69, 9.17) is 17.3 Å². The molecule has 9 heteroatoms. The number of carbonyl (C=O) groups excluding carboxylic acids is 1. The van der Waals surface area contributed by atoms with E-state index in [-0.39, 0.29) is 11.6 Å². The predicted molar refractivity (Wildman–Crippen MR) is 94.9 cm³/mol. The number of hydrogen-bond acceptors (Lipinski definition) is 6. The standard InChI is InChI=1S/C16H16ClN5O3/c17-13-9-11(22(24)25)1-2-15(13)20-5-7-21(8-6-20)16(23)12-3-4-19-10-14(12)18/h1-4,9-10H,5-8,18H2. The lowest BCUT2D eigenvalue weighted by Crippen LogP contribution is -2.49. The Balaban J connectivity index is 1.69. The summed E-state index contributed by atoms with van der Waals surface area (Å²) in [5, 5.41) is 11.1. The van der Waals surface area contributed by atoms with Gasteiger partial charge in [0.2, 0.25) is 0 Å². The van der Waals surface area contributed by atoms with Crippen LogP contribution in [0.3, 0.4) is 0 Å². The fourth-order valence-corrected chi connectivity index (χ4v) is 3.08. The second-order valence-corrected chi connectivity index (χ2v) is 6.04. The van der Waals surface area contributed by atoms with Gasteiger partial charge in [0.1, 0.15) is 0 Å². The molecule has 0 unspecified atom stereocenters. The average molecular weight is 362 g/mol. The summed E-state index contributed by atoms with van der Waals surface area (Å²) >= 11 is 6.17. The van der Waals surface area contributed by atoms with E-state index >= 15 is 0 Å². The van der Waals surface area contributed by atoms with E-state index in [2.05, 4.69) is 4.98 Å². The number of amides is 1. The Kier molecular flexibility index (Phi) is 4.71. The highest BCUT2D eigenvalue weighted by Crippen LogP contribution is 2.30. The first-order valence-corrected chi connectivity index (χ1v) is 8.03. The number of aromatic nitrogens is 1. The van der Waals surface area contributed by atoms with Crippen molar-refractivity contribution in [2.45, 2.75) is 0 Å². The number of piperazine rings is 1. The molecule has 1 aromatic carbocycles. The van der Waals surface area contributed by atoms with E-state index in [1.54, 1.807) is 17.0 Å². The maximum atomic E-state index is 12.5. The van der Waals surface area contributed by atoms with Crippen molar-refractivity contribution in [3.63, 3.8) is 0 Å². The Labute approximate surface area is 149 Å². The molecule has 2 N–H and O–H groups in total. The molecule has 130 valence electrons. The van der Waals surface area contributed by atoms with E-state index < -0.39 is 4.92 Å². The minimum atomic E-state index is -0.481. The zero-order valence-corrected chi connectivity index (χ0v) is 14.0. The van der Waals surface area contributed by atoms with Gasteiger partial charge in [0, 0.05) is 44.5 Å². The Bertz CT molecular complexity index is 821. The van der Waals surface area contributed by atoms with Gasteiger partial charge >= 0.3 is 0 Å². The second-order valence-electron chi connectivity index (χ2n) is 5.63. The number of halogens is 1. The summed E-state index contributed by atoms with van der Waals surface area (Å²) in [7, 11) is 0. The zero-order valence-electron chi connectivity index (χ0n) is 13.3. The number of nitrogen functional groups attached to an aromatic ring is 1. The Morgan fingerprint density at radius 1 is 1.24 bits per heavy atom. The van der Waals surface area contributed by atoms with E-state index in [1.807, 2.05) is 4.90 Å². The van der Waals surface area contributed by atoms with Crippen LogP contribution in [0.25, 0.3) is 0 Å². The molecule has 1 aliphatic rings. The Morgan fingerprint density at radius 2 is 1.96 bits per heavy atom. The molecule has 1 amide bonds. The molecule has 0 bridgehead atoms. The van der Waals surface area contributed by atoms with Crippen LogP contribution in [-0.4, -0.2) is 46.9 Å². The lowest BCUT2D eigenvalue weighted by atomic mass is 10.1. The monoisotopic (exact) mass is 361 g/mol. The molecule has 1 saturated heterocycles. The van der Waals surface area contributed by atoms with Crippen molar-refractivity contribution in [2.75, 3.05) is 36.8 Å². The number of anilines is 2. The van der Waals surface area contributed by atoms with E-state index in [9.17, 15) is 14.9 Å². The number of nitrogens with two attached hydrogens (primary N) is 1. The topological polar surface area (TPSA) is 106 Å². The molecule has 0 spiro atoms. The Hall–Kier alpha value is -2.87. The molecule has 0 atom stereocenters. The summed E-state index contributed by atoms with van der Waals surface area (Å²) in [6, 6.07) is 6.01. The van der Waals surface area contributed by atoms with Gasteiger partial charge in [-0.05, 0) is 12.1 Å². The van der Waals surface area contributed by atoms with Gasteiger partial charge in [0.25, 0.3) is 11.6 Å². The molecule has 3 rings (SSSR count). The van der Waals surface area contributed by atoms with Crippen molar-refractivity contribution in [3.8, 4) is 0 Å². The van der Waals surface area contributed by atoms with Gasteiger partial charge in [-0.25, -0.2) is 0 Å². The normalized spacial score (nSPS) is 14.4. The number of non-ortho nitro benzene ring substituents is 1. The maximum Gasteiger partial charge on any atom is 0.271 e. The van der Waals surface area contributed by atoms with Gasteiger partial charge in [-0.15, -0.1) is 0 Å². The summed E-state index contributed by atoms with van der Waals surface area (Å²) in [6.45, 7) is 2.17. The van der Waals surface area contributed by atoms with E-state index in [0.717, 1.165) is 5.69 Å².